The van der Waals surface area contributed by atoms with Crippen LogP contribution in [0.5, 0.6) is 11.5 Å². The maximum Gasteiger partial charge on any atom is 0.161 e. The molecular formula is C11H15NO3. The minimum atomic E-state index is 0.0938. The molecule has 0 atom stereocenters. The maximum absolute atomic E-state index is 8.40. The van der Waals surface area contributed by atoms with Crippen molar-refractivity contribution in [1.82, 2.24) is 0 Å². The van der Waals surface area contributed by atoms with E-state index in [-0.39, 0.29) is 6.10 Å². The van der Waals surface area contributed by atoms with Crippen molar-refractivity contribution in [2.45, 2.75) is 20.0 Å². The van der Waals surface area contributed by atoms with Crippen LogP contribution < -0.4 is 9.47 Å². The summed E-state index contributed by atoms with van der Waals surface area (Å²) in [6, 6.07) is 5.33. The van der Waals surface area contributed by atoms with Crippen LogP contribution in [0.2, 0.25) is 0 Å². The molecule has 0 radical (unpaired) electrons. The molecule has 0 saturated heterocycles. The quantitative estimate of drug-likeness (QED) is 0.470. The zero-order valence-corrected chi connectivity index (χ0v) is 9.10. The molecule has 0 heterocycles. The molecule has 0 spiro atoms. The first-order valence-corrected chi connectivity index (χ1v) is 4.69. The van der Waals surface area contributed by atoms with Gasteiger partial charge in [-0.15, -0.1) is 0 Å². The number of hydrogen-bond donors (Lipinski definition) is 1. The summed E-state index contributed by atoms with van der Waals surface area (Å²) in [7, 11) is 1.57. The van der Waals surface area contributed by atoms with Crippen molar-refractivity contribution >= 4 is 6.21 Å². The third-order valence-electron chi connectivity index (χ3n) is 1.76. The number of ether oxygens (including phenoxy) is 2. The van der Waals surface area contributed by atoms with Crippen LogP contribution in [-0.4, -0.2) is 24.6 Å². The number of oxime groups is 1. The molecule has 82 valence electrons. The molecule has 1 N–H and O–H groups in total. The summed E-state index contributed by atoms with van der Waals surface area (Å²) in [6.45, 7) is 3.89. The van der Waals surface area contributed by atoms with E-state index < -0.39 is 0 Å². The van der Waals surface area contributed by atoms with Crippen molar-refractivity contribution < 1.29 is 14.7 Å². The Morgan fingerprint density at radius 2 is 2.07 bits per heavy atom. The van der Waals surface area contributed by atoms with E-state index in [1.807, 2.05) is 13.8 Å². The molecule has 0 bridgehead atoms. The molecule has 0 aliphatic heterocycles. The predicted molar refractivity (Wildman–Crippen MR) is 58.1 cm³/mol. The Hall–Kier alpha value is -1.71. The molecule has 0 fully saturated rings. The van der Waals surface area contributed by atoms with Gasteiger partial charge in [0.05, 0.1) is 19.4 Å². The van der Waals surface area contributed by atoms with Crippen molar-refractivity contribution in [1.29, 1.82) is 0 Å². The topological polar surface area (TPSA) is 51.0 Å². The zero-order valence-electron chi connectivity index (χ0n) is 9.10. The van der Waals surface area contributed by atoms with Gasteiger partial charge in [0.15, 0.2) is 11.5 Å². The molecule has 15 heavy (non-hydrogen) atoms. The van der Waals surface area contributed by atoms with Gasteiger partial charge in [0.1, 0.15) is 0 Å². The van der Waals surface area contributed by atoms with Crippen LogP contribution in [0.25, 0.3) is 0 Å². The van der Waals surface area contributed by atoms with E-state index in [0.29, 0.717) is 11.5 Å². The summed E-state index contributed by atoms with van der Waals surface area (Å²) in [6.07, 6.45) is 1.43. The summed E-state index contributed by atoms with van der Waals surface area (Å²) in [5, 5.41) is 11.3. The number of methoxy groups -OCH3 is 1. The first kappa shape index (κ1) is 11.4. The summed E-state index contributed by atoms with van der Waals surface area (Å²) >= 11 is 0. The van der Waals surface area contributed by atoms with E-state index in [1.165, 1.54) is 6.21 Å². The van der Waals surface area contributed by atoms with Gasteiger partial charge in [-0.2, -0.15) is 0 Å². The molecule has 0 aliphatic carbocycles. The summed E-state index contributed by atoms with van der Waals surface area (Å²) in [5.41, 5.74) is 0.755. The van der Waals surface area contributed by atoms with Gasteiger partial charge in [-0.05, 0) is 32.0 Å². The Balaban J connectivity index is 2.98. The van der Waals surface area contributed by atoms with Crippen LogP contribution in [0.4, 0.5) is 0 Å². The van der Waals surface area contributed by atoms with Crippen molar-refractivity contribution in [3.63, 3.8) is 0 Å². The average Bonchev–Trinajstić information content (AvgIpc) is 2.20. The Bertz CT molecular complexity index is 348. The third kappa shape index (κ3) is 3.16. The Morgan fingerprint density at radius 1 is 1.33 bits per heavy atom. The van der Waals surface area contributed by atoms with Gasteiger partial charge in [-0.25, -0.2) is 0 Å². The van der Waals surface area contributed by atoms with Crippen LogP contribution in [0.1, 0.15) is 19.4 Å². The molecule has 4 heteroatoms. The Morgan fingerprint density at radius 3 is 2.60 bits per heavy atom. The first-order chi connectivity index (χ1) is 7.17. The lowest BCUT2D eigenvalue weighted by molar-refractivity contribution is 0.230. The Kier molecular flexibility index (Phi) is 3.97. The largest absolute Gasteiger partial charge is 0.493 e. The number of hydrogen-bond acceptors (Lipinski definition) is 4. The second kappa shape index (κ2) is 5.24. The third-order valence-corrected chi connectivity index (χ3v) is 1.76. The predicted octanol–water partition coefficient (Wildman–Crippen LogP) is 2.29. The maximum atomic E-state index is 8.40. The SMILES string of the molecule is COc1cc(/C=N/O)ccc1OC(C)C. The Labute approximate surface area is 89.1 Å². The lowest BCUT2D eigenvalue weighted by atomic mass is 10.2. The number of rotatable bonds is 4. The molecular weight excluding hydrogens is 194 g/mol. The first-order valence-electron chi connectivity index (χ1n) is 4.69. The molecule has 0 amide bonds. The van der Waals surface area contributed by atoms with E-state index in [1.54, 1.807) is 25.3 Å². The van der Waals surface area contributed by atoms with Gasteiger partial charge in [0.25, 0.3) is 0 Å². The fourth-order valence-electron chi connectivity index (χ4n) is 1.18. The average molecular weight is 209 g/mol. The molecule has 1 rings (SSSR count). The highest BCUT2D eigenvalue weighted by molar-refractivity contribution is 5.80. The van der Waals surface area contributed by atoms with Gasteiger partial charge in [0.2, 0.25) is 0 Å². The van der Waals surface area contributed by atoms with Crippen LogP contribution >= 0.6 is 0 Å². The fourth-order valence-corrected chi connectivity index (χ4v) is 1.18. The van der Waals surface area contributed by atoms with Crippen molar-refractivity contribution in [3.8, 4) is 11.5 Å². The highest BCUT2D eigenvalue weighted by Gasteiger charge is 2.06. The van der Waals surface area contributed by atoms with E-state index in [2.05, 4.69) is 5.16 Å². The minimum absolute atomic E-state index is 0.0938. The number of benzene rings is 1. The van der Waals surface area contributed by atoms with Crippen molar-refractivity contribution in [3.05, 3.63) is 23.8 Å². The van der Waals surface area contributed by atoms with Gasteiger partial charge >= 0.3 is 0 Å². The molecule has 0 unspecified atom stereocenters. The van der Waals surface area contributed by atoms with Gasteiger partial charge in [-0.1, -0.05) is 5.16 Å². The standard InChI is InChI=1S/C11H15NO3/c1-8(2)15-10-5-4-9(7-12-13)6-11(10)14-3/h4-8,13H,1-3H3/b12-7+. The zero-order chi connectivity index (χ0) is 11.3. The highest BCUT2D eigenvalue weighted by Crippen LogP contribution is 2.28. The molecule has 0 aromatic heterocycles. The monoisotopic (exact) mass is 209 g/mol. The van der Waals surface area contributed by atoms with Gasteiger partial charge < -0.3 is 14.7 Å². The van der Waals surface area contributed by atoms with E-state index in [0.717, 1.165) is 5.56 Å². The summed E-state index contributed by atoms with van der Waals surface area (Å²) in [5.74, 6) is 1.31. The lowest BCUT2D eigenvalue weighted by Crippen LogP contribution is -2.06. The van der Waals surface area contributed by atoms with E-state index in [4.69, 9.17) is 14.7 Å². The number of nitrogens with zero attached hydrogens (tertiary/aromatic N) is 1. The van der Waals surface area contributed by atoms with E-state index >= 15 is 0 Å². The van der Waals surface area contributed by atoms with E-state index in [9.17, 15) is 0 Å². The van der Waals surface area contributed by atoms with Crippen molar-refractivity contribution in [2.24, 2.45) is 5.16 Å². The van der Waals surface area contributed by atoms with Gasteiger partial charge in [-0.3, -0.25) is 0 Å². The van der Waals surface area contributed by atoms with Crippen LogP contribution in [-0.2, 0) is 0 Å². The normalized spacial score (nSPS) is 10.9. The van der Waals surface area contributed by atoms with Crippen LogP contribution in [0, 0.1) is 0 Å². The smallest absolute Gasteiger partial charge is 0.161 e. The molecule has 1 aromatic carbocycles. The second-order valence-corrected chi connectivity index (χ2v) is 3.32. The highest BCUT2D eigenvalue weighted by atomic mass is 16.5. The summed E-state index contributed by atoms with van der Waals surface area (Å²) in [4.78, 5) is 0. The van der Waals surface area contributed by atoms with Gasteiger partial charge in [0, 0.05) is 5.56 Å². The molecule has 4 nitrogen and oxygen atoms in total. The molecule has 0 aliphatic rings. The molecule has 0 saturated carbocycles. The summed E-state index contributed by atoms with van der Waals surface area (Å²) < 4.78 is 10.7. The van der Waals surface area contributed by atoms with Crippen LogP contribution in [0.15, 0.2) is 23.4 Å². The van der Waals surface area contributed by atoms with Crippen LogP contribution in [0.3, 0.4) is 0 Å². The second-order valence-electron chi connectivity index (χ2n) is 3.32. The molecule has 1 aromatic rings. The fraction of sp³-hybridized carbons (Fsp3) is 0.364. The lowest BCUT2D eigenvalue weighted by Gasteiger charge is -2.13. The van der Waals surface area contributed by atoms with Crippen molar-refractivity contribution in [2.75, 3.05) is 7.11 Å². The minimum Gasteiger partial charge on any atom is -0.493 e.